The highest BCUT2D eigenvalue weighted by atomic mass is 32.2. The van der Waals surface area contributed by atoms with Crippen LogP contribution in [-0.2, 0) is 6.18 Å². The van der Waals surface area contributed by atoms with Crippen LogP contribution >= 0.6 is 11.8 Å². The molecule has 0 aliphatic heterocycles. The van der Waals surface area contributed by atoms with Gasteiger partial charge in [-0.3, -0.25) is 0 Å². The van der Waals surface area contributed by atoms with Gasteiger partial charge in [-0.15, -0.1) is 0 Å². The van der Waals surface area contributed by atoms with E-state index in [4.69, 9.17) is 5.84 Å². The molecule has 0 saturated heterocycles. The number of alkyl halides is 3. The molecule has 108 valence electrons. The summed E-state index contributed by atoms with van der Waals surface area (Å²) in [7, 11) is 0. The van der Waals surface area contributed by atoms with E-state index in [1.54, 1.807) is 11.8 Å². The number of aromatic nitrogens is 1. The van der Waals surface area contributed by atoms with Crippen molar-refractivity contribution in [2.45, 2.75) is 24.8 Å². The zero-order valence-corrected chi connectivity index (χ0v) is 11.7. The lowest BCUT2D eigenvalue weighted by Crippen LogP contribution is -2.26. The van der Waals surface area contributed by atoms with Crippen molar-refractivity contribution >= 4 is 23.4 Å². The Bertz CT molecular complexity index is 434. The summed E-state index contributed by atoms with van der Waals surface area (Å²) in [4.78, 5) is 3.95. The number of hydrogen-bond donors (Lipinski definition) is 3. The first-order chi connectivity index (χ1) is 8.68. The number of halogens is 3. The van der Waals surface area contributed by atoms with Gasteiger partial charge in [0.1, 0.15) is 11.6 Å². The van der Waals surface area contributed by atoms with Crippen molar-refractivity contribution in [2.24, 2.45) is 5.84 Å². The Morgan fingerprint density at radius 2 is 1.84 bits per heavy atom. The zero-order chi connectivity index (χ0) is 14.7. The maximum absolute atomic E-state index is 12.7. The van der Waals surface area contributed by atoms with E-state index in [1.165, 1.54) is 0 Å². The van der Waals surface area contributed by atoms with Gasteiger partial charge in [-0.25, -0.2) is 10.8 Å². The molecule has 0 aromatic carbocycles. The van der Waals surface area contributed by atoms with E-state index in [-0.39, 0.29) is 16.4 Å². The van der Waals surface area contributed by atoms with Gasteiger partial charge >= 0.3 is 6.18 Å². The molecule has 0 atom stereocenters. The average molecular weight is 294 g/mol. The zero-order valence-electron chi connectivity index (χ0n) is 10.9. The molecule has 0 aliphatic rings. The van der Waals surface area contributed by atoms with Gasteiger partial charge in [0.15, 0.2) is 0 Å². The molecule has 0 aliphatic carbocycles. The Hall–Kier alpha value is -1.15. The fourth-order valence-corrected chi connectivity index (χ4v) is 1.45. The molecule has 1 rings (SSSR count). The topological polar surface area (TPSA) is 63.0 Å². The molecule has 0 spiro atoms. The average Bonchev–Trinajstić information content (AvgIpc) is 2.35. The minimum atomic E-state index is -4.43. The number of pyridine rings is 1. The van der Waals surface area contributed by atoms with Gasteiger partial charge in [0.2, 0.25) is 0 Å². The third-order valence-electron chi connectivity index (χ3n) is 2.55. The number of hydrogen-bond acceptors (Lipinski definition) is 5. The normalized spacial score (nSPS) is 12.4. The van der Waals surface area contributed by atoms with E-state index < -0.39 is 11.7 Å². The Balaban J connectivity index is 2.95. The first kappa shape index (κ1) is 15.9. The number of rotatable bonds is 5. The summed E-state index contributed by atoms with van der Waals surface area (Å²) in [6.07, 6.45) is -2.49. The van der Waals surface area contributed by atoms with Crippen molar-refractivity contribution in [1.29, 1.82) is 0 Å². The first-order valence-electron chi connectivity index (χ1n) is 5.53. The smallest absolute Gasteiger partial charge is 0.369 e. The second-order valence-electron chi connectivity index (χ2n) is 4.59. The number of nitrogens with two attached hydrogens (primary N) is 1. The highest BCUT2D eigenvalue weighted by Gasteiger charge is 2.31. The summed E-state index contributed by atoms with van der Waals surface area (Å²) in [5, 5.41) is 2.90. The van der Waals surface area contributed by atoms with Crippen LogP contribution in [-0.4, -0.2) is 22.5 Å². The van der Waals surface area contributed by atoms with Crippen LogP contribution in [0.4, 0.5) is 24.8 Å². The van der Waals surface area contributed by atoms with Gasteiger partial charge < -0.3 is 10.7 Å². The molecule has 0 unspecified atom stereocenters. The minimum Gasteiger partial charge on any atom is -0.369 e. The van der Waals surface area contributed by atoms with Gasteiger partial charge in [-0.2, -0.15) is 24.9 Å². The lowest BCUT2D eigenvalue weighted by Gasteiger charge is -2.23. The standard InChI is InChI=1S/C11H17F3N4S/c1-10(2,19-3)6-16-8-4-7(11(12,13)14)5-9(17-8)18-15/h4-5H,6,15H2,1-3H3,(H2,16,17,18). The van der Waals surface area contributed by atoms with Crippen molar-refractivity contribution in [3.05, 3.63) is 17.7 Å². The molecule has 0 radical (unpaired) electrons. The van der Waals surface area contributed by atoms with E-state index in [1.807, 2.05) is 20.1 Å². The Labute approximate surface area is 114 Å². The molecule has 1 aromatic rings. The second kappa shape index (κ2) is 5.87. The highest BCUT2D eigenvalue weighted by molar-refractivity contribution is 7.99. The SMILES string of the molecule is CSC(C)(C)CNc1cc(C(F)(F)F)cc(NN)n1. The molecule has 0 bridgehead atoms. The summed E-state index contributed by atoms with van der Waals surface area (Å²) < 4.78 is 38.0. The summed E-state index contributed by atoms with van der Waals surface area (Å²) in [6, 6.07) is 1.84. The van der Waals surface area contributed by atoms with E-state index >= 15 is 0 Å². The number of hydrazine groups is 1. The van der Waals surface area contributed by atoms with Crippen molar-refractivity contribution < 1.29 is 13.2 Å². The monoisotopic (exact) mass is 294 g/mol. The maximum Gasteiger partial charge on any atom is 0.416 e. The summed E-state index contributed by atoms with van der Waals surface area (Å²) in [5.74, 6) is 5.24. The summed E-state index contributed by atoms with van der Waals surface area (Å²) in [6.45, 7) is 4.47. The minimum absolute atomic E-state index is 0.0284. The van der Waals surface area contributed by atoms with E-state index in [2.05, 4.69) is 15.7 Å². The van der Waals surface area contributed by atoms with E-state index in [9.17, 15) is 13.2 Å². The van der Waals surface area contributed by atoms with Gasteiger partial charge in [0, 0.05) is 11.3 Å². The van der Waals surface area contributed by atoms with Crippen LogP contribution in [0.5, 0.6) is 0 Å². The van der Waals surface area contributed by atoms with Gasteiger partial charge in [0.05, 0.1) is 5.56 Å². The summed E-state index contributed by atoms with van der Waals surface area (Å²) in [5.41, 5.74) is 1.34. The quantitative estimate of drug-likeness (QED) is 0.575. The predicted molar refractivity (Wildman–Crippen MR) is 73.1 cm³/mol. The largest absolute Gasteiger partial charge is 0.416 e. The van der Waals surface area contributed by atoms with Crippen LogP contribution in [0.2, 0.25) is 0 Å². The van der Waals surface area contributed by atoms with Gasteiger partial charge in [0.25, 0.3) is 0 Å². The van der Waals surface area contributed by atoms with Crippen LogP contribution in [0.1, 0.15) is 19.4 Å². The Morgan fingerprint density at radius 1 is 1.26 bits per heavy atom. The van der Waals surface area contributed by atoms with E-state index in [0.29, 0.717) is 6.54 Å². The number of anilines is 2. The molecule has 1 heterocycles. The maximum atomic E-state index is 12.7. The Kier molecular flexibility index (Phi) is 4.92. The van der Waals surface area contributed by atoms with Crippen molar-refractivity contribution in [3.8, 4) is 0 Å². The molecule has 4 nitrogen and oxygen atoms in total. The fourth-order valence-electron chi connectivity index (χ4n) is 1.23. The highest BCUT2D eigenvalue weighted by Crippen LogP contribution is 2.32. The molecular weight excluding hydrogens is 277 g/mol. The number of nitrogens with zero attached hydrogens (tertiary/aromatic N) is 1. The third-order valence-corrected chi connectivity index (χ3v) is 3.80. The van der Waals surface area contributed by atoms with Crippen molar-refractivity contribution in [3.63, 3.8) is 0 Å². The molecule has 0 saturated carbocycles. The molecule has 8 heteroatoms. The Morgan fingerprint density at radius 3 is 2.32 bits per heavy atom. The number of nitrogens with one attached hydrogen (secondary N) is 2. The molecule has 19 heavy (non-hydrogen) atoms. The number of thioether (sulfide) groups is 1. The number of nitrogen functional groups attached to an aromatic ring is 1. The first-order valence-corrected chi connectivity index (χ1v) is 6.75. The van der Waals surface area contributed by atoms with E-state index in [0.717, 1.165) is 12.1 Å². The molecule has 4 N–H and O–H groups in total. The lowest BCUT2D eigenvalue weighted by molar-refractivity contribution is -0.137. The van der Waals surface area contributed by atoms with Crippen LogP contribution in [0.15, 0.2) is 12.1 Å². The van der Waals surface area contributed by atoms with Crippen LogP contribution in [0.3, 0.4) is 0 Å². The van der Waals surface area contributed by atoms with Crippen LogP contribution < -0.4 is 16.6 Å². The fraction of sp³-hybridized carbons (Fsp3) is 0.545. The van der Waals surface area contributed by atoms with Crippen molar-refractivity contribution in [2.75, 3.05) is 23.5 Å². The third kappa shape index (κ3) is 4.79. The van der Waals surface area contributed by atoms with Crippen LogP contribution in [0.25, 0.3) is 0 Å². The van der Waals surface area contributed by atoms with Gasteiger partial charge in [-0.1, -0.05) is 0 Å². The molecule has 0 fully saturated rings. The molecular formula is C11H17F3N4S. The summed E-state index contributed by atoms with van der Waals surface area (Å²) >= 11 is 1.61. The molecule has 0 amide bonds. The van der Waals surface area contributed by atoms with Crippen molar-refractivity contribution in [1.82, 2.24) is 4.98 Å². The lowest BCUT2D eigenvalue weighted by atomic mass is 10.2. The van der Waals surface area contributed by atoms with Gasteiger partial charge in [-0.05, 0) is 32.2 Å². The second-order valence-corrected chi connectivity index (χ2v) is 6.10. The predicted octanol–water partition coefficient (Wildman–Crippen LogP) is 2.94. The molecule has 1 aromatic heterocycles. The van der Waals surface area contributed by atoms with Crippen LogP contribution in [0, 0.1) is 0 Å².